The first-order valence-corrected chi connectivity index (χ1v) is 9.28. The molecule has 0 bridgehead atoms. The van der Waals surface area contributed by atoms with Crippen LogP contribution in [0.15, 0.2) is 54.9 Å². The van der Waals surface area contributed by atoms with Gasteiger partial charge in [-0.2, -0.15) is 0 Å². The Morgan fingerprint density at radius 1 is 1.15 bits per heavy atom. The van der Waals surface area contributed by atoms with Gasteiger partial charge in [0.1, 0.15) is 0 Å². The average Bonchev–Trinajstić information content (AvgIpc) is 3.10. The van der Waals surface area contributed by atoms with E-state index in [1.807, 2.05) is 24.5 Å². The summed E-state index contributed by atoms with van der Waals surface area (Å²) in [5.74, 6) is 0.107. The lowest BCUT2D eigenvalue weighted by Gasteiger charge is -2.22. The van der Waals surface area contributed by atoms with Crippen LogP contribution in [0.25, 0.3) is 11.0 Å². The molecule has 1 atom stereocenters. The Labute approximate surface area is 153 Å². The van der Waals surface area contributed by atoms with Crippen molar-refractivity contribution in [3.8, 4) is 0 Å². The van der Waals surface area contributed by atoms with Gasteiger partial charge in [0.05, 0.1) is 23.4 Å². The number of carbonyl (C=O) groups is 1. The second kappa shape index (κ2) is 7.70. The number of hydrogen-bond donors (Lipinski definition) is 2. The minimum atomic E-state index is -0.0377. The summed E-state index contributed by atoms with van der Waals surface area (Å²) in [6.45, 7) is 2.27. The van der Waals surface area contributed by atoms with Crippen molar-refractivity contribution in [2.24, 2.45) is 0 Å². The van der Waals surface area contributed by atoms with Crippen molar-refractivity contribution in [1.29, 1.82) is 0 Å². The third-order valence-electron chi connectivity index (χ3n) is 4.97. The van der Waals surface area contributed by atoms with Crippen molar-refractivity contribution in [3.05, 3.63) is 66.0 Å². The first kappa shape index (κ1) is 16.8. The number of piperidine rings is 1. The molecule has 2 N–H and O–H groups in total. The standard InChI is InChI=1S/C21H24N4O/c26-21(19-9-3-4-11-22-19)23-13-16-6-5-7-17(12-16)14-25-15-24-18-8-1-2-10-20(18)25/h1-2,5-8,10,12,15,19,22H,3-4,9,11,13-14H2,(H,23,26)/t19-/m1/s1. The number of aromatic nitrogens is 2. The van der Waals surface area contributed by atoms with Crippen LogP contribution < -0.4 is 10.6 Å². The third kappa shape index (κ3) is 3.78. The third-order valence-corrected chi connectivity index (χ3v) is 4.97. The number of imidazole rings is 1. The second-order valence-corrected chi connectivity index (χ2v) is 6.90. The SMILES string of the molecule is O=C(NCc1cccc(Cn2cnc3ccccc32)c1)[C@H]1CCCCN1. The van der Waals surface area contributed by atoms with Gasteiger partial charge < -0.3 is 15.2 Å². The van der Waals surface area contributed by atoms with E-state index in [1.165, 1.54) is 5.56 Å². The van der Waals surface area contributed by atoms with Gasteiger partial charge in [0.2, 0.25) is 5.91 Å². The molecule has 1 aliphatic heterocycles. The molecule has 1 aromatic heterocycles. The van der Waals surface area contributed by atoms with Crippen LogP contribution in [-0.4, -0.2) is 28.0 Å². The summed E-state index contributed by atoms with van der Waals surface area (Å²) in [4.78, 5) is 16.7. The minimum absolute atomic E-state index is 0.0377. The molecule has 5 nitrogen and oxygen atoms in total. The number of fused-ring (bicyclic) bond motifs is 1. The van der Waals surface area contributed by atoms with E-state index in [4.69, 9.17) is 0 Å². The largest absolute Gasteiger partial charge is 0.351 e. The van der Waals surface area contributed by atoms with Crippen molar-refractivity contribution in [3.63, 3.8) is 0 Å². The van der Waals surface area contributed by atoms with Gasteiger partial charge in [0.15, 0.2) is 0 Å². The molecule has 1 amide bonds. The van der Waals surface area contributed by atoms with Gasteiger partial charge in [-0.05, 0) is 42.6 Å². The fourth-order valence-electron chi connectivity index (χ4n) is 3.56. The Morgan fingerprint density at radius 2 is 2.04 bits per heavy atom. The Bertz CT molecular complexity index is 896. The molecule has 0 aliphatic carbocycles. The van der Waals surface area contributed by atoms with Crippen LogP contribution in [0, 0.1) is 0 Å². The topological polar surface area (TPSA) is 59.0 Å². The van der Waals surface area contributed by atoms with Gasteiger partial charge in [-0.15, -0.1) is 0 Å². The van der Waals surface area contributed by atoms with Gasteiger partial charge in [0, 0.05) is 13.1 Å². The summed E-state index contributed by atoms with van der Waals surface area (Å²) in [5.41, 5.74) is 4.47. The van der Waals surface area contributed by atoms with Crippen LogP contribution in [0.1, 0.15) is 30.4 Å². The van der Waals surface area contributed by atoms with E-state index in [1.54, 1.807) is 0 Å². The maximum atomic E-state index is 12.3. The summed E-state index contributed by atoms with van der Waals surface area (Å²) in [7, 11) is 0. The Hall–Kier alpha value is -2.66. The van der Waals surface area contributed by atoms with Crippen LogP contribution in [0.2, 0.25) is 0 Å². The van der Waals surface area contributed by atoms with Gasteiger partial charge in [-0.1, -0.05) is 42.8 Å². The van der Waals surface area contributed by atoms with Crippen molar-refractivity contribution >= 4 is 16.9 Å². The van der Waals surface area contributed by atoms with E-state index in [2.05, 4.69) is 50.5 Å². The normalized spacial score (nSPS) is 17.3. The van der Waals surface area contributed by atoms with Crippen molar-refractivity contribution in [2.45, 2.75) is 38.4 Å². The molecule has 0 unspecified atom stereocenters. The van der Waals surface area contributed by atoms with Crippen molar-refractivity contribution in [2.75, 3.05) is 6.54 Å². The number of rotatable bonds is 5. The molecule has 1 fully saturated rings. The van der Waals surface area contributed by atoms with E-state index < -0.39 is 0 Å². The van der Waals surface area contributed by atoms with Crippen LogP contribution in [-0.2, 0) is 17.9 Å². The molecule has 4 rings (SSSR count). The van der Waals surface area contributed by atoms with Crippen LogP contribution >= 0.6 is 0 Å². The lowest BCUT2D eigenvalue weighted by Crippen LogP contribution is -2.46. The number of benzene rings is 2. The quantitative estimate of drug-likeness (QED) is 0.745. The molecule has 0 radical (unpaired) electrons. The molecule has 2 heterocycles. The zero-order valence-corrected chi connectivity index (χ0v) is 14.8. The minimum Gasteiger partial charge on any atom is -0.351 e. The van der Waals surface area contributed by atoms with E-state index in [-0.39, 0.29) is 11.9 Å². The molecule has 3 aromatic rings. The monoisotopic (exact) mass is 348 g/mol. The predicted molar refractivity (Wildman–Crippen MR) is 103 cm³/mol. The molecule has 134 valence electrons. The zero-order valence-electron chi connectivity index (χ0n) is 14.8. The van der Waals surface area contributed by atoms with Crippen molar-refractivity contribution < 1.29 is 4.79 Å². The molecular formula is C21H24N4O. The highest BCUT2D eigenvalue weighted by Crippen LogP contribution is 2.15. The lowest BCUT2D eigenvalue weighted by atomic mass is 10.0. The summed E-state index contributed by atoms with van der Waals surface area (Å²) < 4.78 is 2.15. The van der Waals surface area contributed by atoms with Gasteiger partial charge in [-0.25, -0.2) is 4.98 Å². The van der Waals surface area contributed by atoms with E-state index >= 15 is 0 Å². The van der Waals surface area contributed by atoms with E-state index in [0.29, 0.717) is 6.54 Å². The maximum absolute atomic E-state index is 12.3. The van der Waals surface area contributed by atoms with Gasteiger partial charge in [0.25, 0.3) is 0 Å². The second-order valence-electron chi connectivity index (χ2n) is 6.90. The summed E-state index contributed by atoms with van der Waals surface area (Å²) in [6, 6.07) is 16.5. The number of para-hydroxylation sites is 2. The van der Waals surface area contributed by atoms with Crippen LogP contribution in [0.3, 0.4) is 0 Å². The molecular weight excluding hydrogens is 324 g/mol. The molecule has 26 heavy (non-hydrogen) atoms. The summed E-state index contributed by atoms with van der Waals surface area (Å²) in [6.07, 6.45) is 5.10. The van der Waals surface area contributed by atoms with Crippen LogP contribution in [0.5, 0.6) is 0 Å². The predicted octanol–water partition coefficient (Wildman–Crippen LogP) is 2.84. The zero-order chi connectivity index (χ0) is 17.8. The number of nitrogens with one attached hydrogen (secondary N) is 2. The average molecular weight is 348 g/mol. The van der Waals surface area contributed by atoms with Crippen LogP contribution in [0.4, 0.5) is 0 Å². The Balaban J connectivity index is 1.41. The molecule has 0 saturated carbocycles. The molecule has 1 aliphatic rings. The summed E-state index contributed by atoms with van der Waals surface area (Å²) >= 11 is 0. The molecule has 0 spiro atoms. The number of amides is 1. The van der Waals surface area contributed by atoms with E-state index in [0.717, 1.165) is 48.9 Å². The number of nitrogens with zero attached hydrogens (tertiary/aromatic N) is 2. The Morgan fingerprint density at radius 3 is 2.92 bits per heavy atom. The fraction of sp³-hybridized carbons (Fsp3) is 0.333. The number of hydrogen-bond acceptors (Lipinski definition) is 3. The first-order chi connectivity index (χ1) is 12.8. The lowest BCUT2D eigenvalue weighted by molar-refractivity contribution is -0.123. The van der Waals surface area contributed by atoms with Gasteiger partial charge >= 0.3 is 0 Å². The molecule has 1 saturated heterocycles. The highest BCUT2D eigenvalue weighted by Gasteiger charge is 2.19. The first-order valence-electron chi connectivity index (χ1n) is 9.28. The molecule has 5 heteroatoms. The Kier molecular flexibility index (Phi) is 4.97. The highest BCUT2D eigenvalue weighted by atomic mass is 16.2. The van der Waals surface area contributed by atoms with Crippen molar-refractivity contribution in [1.82, 2.24) is 20.2 Å². The highest BCUT2D eigenvalue weighted by molar-refractivity contribution is 5.81. The fourth-order valence-corrected chi connectivity index (χ4v) is 3.56. The van der Waals surface area contributed by atoms with Gasteiger partial charge in [-0.3, -0.25) is 4.79 Å². The summed E-state index contributed by atoms with van der Waals surface area (Å²) in [5, 5.41) is 6.35. The maximum Gasteiger partial charge on any atom is 0.237 e. The smallest absolute Gasteiger partial charge is 0.237 e. The van der Waals surface area contributed by atoms with E-state index in [9.17, 15) is 4.79 Å². The number of carbonyl (C=O) groups excluding carboxylic acids is 1. The molecule has 2 aromatic carbocycles.